The summed E-state index contributed by atoms with van der Waals surface area (Å²) in [6, 6.07) is 4.01. The van der Waals surface area contributed by atoms with Gasteiger partial charge in [0.15, 0.2) is 0 Å². The predicted octanol–water partition coefficient (Wildman–Crippen LogP) is 3.07. The van der Waals surface area contributed by atoms with Crippen LogP contribution in [0.1, 0.15) is 36.5 Å². The maximum Gasteiger partial charge on any atom is 0.330 e. The molecule has 1 heterocycles. The molecular formula is C15H18O3. The van der Waals surface area contributed by atoms with E-state index in [0.717, 1.165) is 16.9 Å². The van der Waals surface area contributed by atoms with E-state index in [1.165, 1.54) is 11.6 Å². The summed E-state index contributed by atoms with van der Waals surface area (Å²) in [5.41, 5.74) is 3.41. The van der Waals surface area contributed by atoms with Crippen LogP contribution in [0.15, 0.2) is 18.2 Å². The molecular weight excluding hydrogens is 228 g/mol. The van der Waals surface area contributed by atoms with Gasteiger partial charge >= 0.3 is 5.97 Å². The molecule has 0 radical (unpaired) electrons. The van der Waals surface area contributed by atoms with Crippen LogP contribution < -0.4 is 4.74 Å². The van der Waals surface area contributed by atoms with E-state index < -0.39 is 0 Å². The third kappa shape index (κ3) is 2.40. The van der Waals surface area contributed by atoms with Crippen molar-refractivity contribution >= 4 is 12.0 Å². The van der Waals surface area contributed by atoms with Gasteiger partial charge in [-0.1, -0.05) is 13.0 Å². The van der Waals surface area contributed by atoms with Crippen LogP contribution in [0.2, 0.25) is 0 Å². The highest BCUT2D eigenvalue weighted by atomic mass is 16.5. The molecule has 1 aromatic carbocycles. The Morgan fingerprint density at radius 1 is 1.56 bits per heavy atom. The third-order valence-electron chi connectivity index (χ3n) is 3.12. The number of aryl methyl sites for hydroxylation is 1. The second-order valence-electron chi connectivity index (χ2n) is 4.51. The number of hydrogen-bond acceptors (Lipinski definition) is 3. The first-order valence-corrected chi connectivity index (χ1v) is 6.24. The maximum absolute atomic E-state index is 11.4. The lowest BCUT2D eigenvalue weighted by Gasteiger charge is -2.09. The first kappa shape index (κ1) is 12.7. The van der Waals surface area contributed by atoms with Gasteiger partial charge in [-0.3, -0.25) is 0 Å². The van der Waals surface area contributed by atoms with Crippen molar-refractivity contribution in [3.05, 3.63) is 34.9 Å². The number of carbonyl (C=O) groups is 1. The molecule has 0 fully saturated rings. The van der Waals surface area contributed by atoms with Crippen LogP contribution in [0.5, 0.6) is 5.75 Å². The molecule has 3 nitrogen and oxygen atoms in total. The van der Waals surface area contributed by atoms with Crippen molar-refractivity contribution in [2.75, 3.05) is 13.2 Å². The number of ether oxygens (including phenoxy) is 2. The minimum Gasteiger partial charge on any atom is -0.493 e. The van der Waals surface area contributed by atoms with Crippen LogP contribution in [0.3, 0.4) is 0 Å². The Balaban J connectivity index is 2.33. The second-order valence-corrected chi connectivity index (χ2v) is 4.51. The van der Waals surface area contributed by atoms with Gasteiger partial charge in [-0.15, -0.1) is 0 Å². The minimum atomic E-state index is -0.305. The molecule has 2 rings (SSSR count). The monoisotopic (exact) mass is 246 g/mol. The van der Waals surface area contributed by atoms with Crippen LogP contribution in [-0.4, -0.2) is 19.2 Å². The summed E-state index contributed by atoms with van der Waals surface area (Å²) in [6.45, 7) is 7.07. The van der Waals surface area contributed by atoms with Gasteiger partial charge < -0.3 is 9.47 Å². The lowest BCUT2D eigenvalue weighted by Crippen LogP contribution is -2.00. The van der Waals surface area contributed by atoms with Gasteiger partial charge in [-0.25, -0.2) is 4.79 Å². The molecule has 1 atom stereocenters. The topological polar surface area (TPSA) is 35.5 Å². The Kier molecular flexibility index (Phi) is 3.70. The van der Waals surface area contributed by atoms with Gasteiger partial charge in [-0.05, 0) is 37.1 Å². The molecule has 0 aliphatic carbocycles. The maximum atomic E-state index is 11.4. The zero-order valence-corrected chi connectivity index (χ0v) is 11.0. The summed E-state index contributed by atoms with van der Waals surface area (Å²) in [5.74, 6) is 0.986. The summed E-state index contributed by atoms with van der Waals surface area (Å²) < 4.78 is 10.5. The zero-order valence-electron chi connectivity index (χ0n) is 11.0. The van der Waals surface area contributed by atoms with E-state index in [9.17, 15) is 4.79 Å². The summed E-state index contributed by atoms with van der Waals surface area (Å²) in [5, 5.41) is 0. The van der Waals surface area contributed by atoms with Crippen LogP contribution in [0.25, 0.3) is 6.08 Å². The molecule has 0 saturated heterocycles. The molecule has 1 unspecified atom stereocenters. The smallest absolute Gasteiger partial charge is 0.330 e. The molecule has 96 valence electrons. The number of hydrogen-bond donors (Lipinski definition) is 0. The largest absolute Gasteiger partial charge is 0.493 e. The zero-order chi connectivity index (χ0) is 13.1. The molecule has 0 bridgehead atoms. The molecule has 0 spiro atoms. The number of carbonyl (C=O) groups excluding carboxylic acids is 1. The summed E-state index contributed by atoms with van der Waals surface area (Å²) in [7, 11) is 0. The standard InChI is InChI=1S/C15H18O3/c1-4-17-14(16)8-6-12-10(2)5-7-13-15(12)11(3)9-18-13/h5-8,11H,4,9H2,1-3H3/b8-6+. The Bertz CT molecular complexity index is 489. The van der Waals surface area contributed by atoms with Gasteiger partial charge in [-0.2, -0.15) is 0 Å². The quantitative estimate of drug-likeness (QED) is 0.607. The predicted molar refractivity (Wildman–Crippen MR) is 70.8 cm³/mol. The molecule has 0 aromatic heterocycles. The number of rotatable bonds is 3. The number of esters is 1. The highest BCUT2D eigenvalue weighted by Gasteiger charge is 2.23. The molecule has 0 saturated carbocycles. The van der Waals surface area contributed by atoms with Crippen molar-refractivity contribution in [1.82, 2.24) is 0 Å². The summed E-state index contributed by atoms with van der Waals surface area (Å²) in [6.07, 6.45) is 3.31. The van der Waals surface area contributed by atoms with E-state index >= 15 is 0 Å². The minimum absolute atomic E-state index is 0.305. The highest BCUT2D eigenvalue weighted by Crippen LogP contribution is 2.38. The van der Waals surface area contributed by atoms with Gasteiger partial charge in [0.2, 0.25) is 0 Å². The molecule has 3 heteroatoms. The SMILES string of the molecule is CCOC(=O)/C=C/c1c(C)ccc2c1C(C)CO2. The Morgan fingerprint density at radius 3 is 3.06 bits per heavy atom. The third-order valence-corrected chi connectivity index (χ3v) is 3.12. The summed E-state index contributed by atoms with van der Waals surface area (Å²) in [4.78, 5) is 11.4. The van der Waals surface area contributed by atoms with Gasteiger partial charge in [0.1, 0.15) is 5.75 Å². The molecule has 18 heavy (non-hydrogen) atoms. The van der Waals surface area contributed by atoms with Gasteiger partial charge in [0, 0.05) is 17.6 Å². The number of benzene rings is 1. The van der Waals surface area contributed by atoms with Crippen molar-refractivity contribution in [3.8, 4) is 5.75 Å². The van der Waals surface area contributed by atoms with Crippen LogP contribution in [0, 0.1) is 6.92 Å². The molecule has 1 aliphatic heterocycles. The molecule has 1 aliphatic rings. The first-order chi connectivity index (χ1) is 8.63. The first-order valence-electron chi connectivity index (χ1n) is 6.24. The lowest BCUT2D eigenvalue weighted by atomic mass is 9.93. The fraction of sp³-hybridized carbons (Fsp3) is 0.400. The Labute approximate surface area is 107 Å². The van der Waals surface area contributed by atoms with E-state index in [4.69, 9.17) is 9.47 Å². The van der Waals surface area contributed by atoms with E-state index in [1.807, 2.05) is 25.1 Å². The Morgan fingerprint density at radius 2 is 2.33 bits per heavy atom. The average molecular weight is 246 g/mol. The van der Waals surface area contributed by atoms with Crippen LogP contribution in [-0.2, 0) is 9.53 Å². The lowest BCUT2D eigenvalue weighted by molar-refractivity contribution is -0.137. The van der Waals surface area contributed by atoms with Crippen molar-refractivity contribution in [3.63, 3.8) is 0 Å². The molecule has 1 aromatic rings. The van der Waals surface area contributed by atoms with Gasteiger partial charge in [0.05, 0.1) is 13.2 Å². The molecule has 0 N–H and O–H groups in total. The van der Waals surface area contributed by atoms with Crippen LogP contribution >= 0.6 is 0 Å². The Hall–Kier alpha value is -1.77. The summed E-state index contributed by atoms with van der Waals surface area (Å²) >= 11 is 0. The second kappa shape index (κ2) is 5.25. The van der Waals surface area contributed by atoms with Crippen molar-refractivity contribution in [2.45, 2.75) is 26.7 Å². The van der Waals surface area contributed by atoms with E-state index in [2.05, 4.69) is 6.92 Å². The highest BCUT2D eigenvalue weighted by molar-refractivity contribution is 5.88. The van der Waals surface area contributed by atoms with Crippen molar-refractivity contribution < 1.29 is 14.3 Å². The van der Waals surface area contributed by atoms with E-state index in [0.29, 0.717) is 19.1 Å². The van der Waals surface area contributed by atoms with E-state index in [1.54, 1.807) is 6.92 Å². The average Bonchev–Trinajstić information content (AvgIpc) is 2.71. The van der Waals surface area contributed by atoms with Gasteiger partial charge in [0.25, 0.3) is 0 Å². The fourth-order valence-electron chi connectivity index (χ4n) is 2.22. The van der Waals surface area contributed by atoms with Crippen molar-refractivity contribution in [2.24, 2.45) is 0 Å². The van der Waals surface area contributed by atoms with Crippen molar-refractivity contribution in [1.29, 1.82) is 0 Å². The van der Waals surface area contributed by atoms with Crippen LogP contribution in [0.4, 0.5) is 0 Å². The normalized spacial score (nSPS) is 17.6. The molecule has 0 amide bonds. The number of fused-ring (bicyclic) bond motifs is 1. The fourth-order valence-corrected chi connectivity index (χ4v) is 2.22. The van der Waals surface area contributed by atoms with E-state index in [-0.39, 0.29) is 5.97 Å².